The fraction of sp³-hybridized carbons (Fsp3) is 0.0714. The van der Waals surface area contributed by atoms with Crippen LogP contribution < -0.4 is 5.73 Å². The number of hydrogen-bond acceptors (Lipinski definition) is 2. The molecule has 0 amide bonds. The van der Waals surface area contributed by atoms with Gasteiger partial charge in [-0.3, -0.25) is 4.79 Å². The lowest BCUT2D eigenvalue weighted by Crippen LogP contribution is -2.09. The lowest BCUT2D eigenvalue weighted by atomic mass is 10.0. The topological polar surface area (TPSA) is 43.1 Å². The minimum atomic E-state index is -0.615. The molecule has 0 unspecified atom stereocenters. The Hall–Kier alpha value is -1.58. The van der Waals surface area contributed by atoms with Crippen molar-refractivity contribution in [1.29, 1.82) is 0 Å². The summed E-state index contributed by atoms with van der Waals surface area (Å²) in [5, 5.41) is 0.798. The van der Waals surface area contributed by atoms with Crippen molar-refractivity contribution >= 4 is 34.7 Å². The molecule has 0 aromatic heterocycles. The largest absolute Gasteiger partial charge is 0.396 e. The van der Waals surface area contributed by atoms with E-state index in [0.717, 1.165) is 0 Å². The first-order chi connectivity index (χ1) is 9.00. The molecule has 2 aromatic carbocycles. The second-order valence-electron chi connectivity index (χ2n) is 4.00. The summed E-state index contributed by atoms with van der Waals surface area (Å²) in [5.74, 6) is -0.942. The van der Waals surface area contributed by atoms with Crippen molar-refractivity contribution in [3.8, 4) is 0 Å². The maximum atomic E-state index is 13.3. The zero-order valence-corrected chi connectivity index (χ0v) is 11.3. The maximum Gasteiger partial charge on any atom is 0.169 e. The van der Waals surface area contributed by atoms with Crippen LogP contribution in [0.3, 0.4) is 0 Å². The molecule has 0 saturated heterocycles. The second-order valence-corrected chi connectivity index (χ2v) is 4.82. The zero-order chi connectivity index (χ0) is 14.0. The Kier molecular flexibility index (Phi) is 4.08. The minimum Gasteiger partial charge on any atom is -0.396 e. The van der Waals surface area contributed by atoms with Crippen LogP contribution in [-0.4, -0.2) is 5.78 Å². The number of rotatable bonds is 3. The summed E-state index contributed by atoms with van der Waals surface area (Å²) in [4.78, 5) is 12.1. The van der Waals surface area contributed by atoms with Gasteiger partial charge in [-0.25, -0.2) is 4.39 Å². The van der Waals surface area contributed by atoms with Crippen LogP contribution in [0.4, 0.5) is 10.1 Å². The van der Waals surface area contributed by atoms with E-state index in [1.54, 1.807) is 18.2 Å². The van der Waals surface area contributed by atoms with Gasteiger partial charge in [0.05, 0.1) is 5.69 Å². The van der Waals surface area contributed by atoms with Gasteiger partial charge in [0.2, 0.25) is 0 Å². The molecule has 0 aliphatic carbocycles. The van der Waals surface area contributed by atoms with Gasteiger partial charge >= 0.3 is 0 Å². The van der Waals surface area contributed by atoms with Gasteiger partial charge in [-0.2, -0.15) is 0 Å². The van der Waals surface area contributed by atoms with E-state index in [0.29, 0.717) is 15.6 Å². The highest BCUT2D eigenvalue weighted by atomic mass is 35.5. The lowest BCUT2D eigenvalue weighted by molar-refractivity contribution is 0.0993. The Morgan fingerprint density at radius 3 is 2.32 bits per heavy atom. The van der Waals surface area contributed by atoms with Crippen molar-refractivity contribution in [2.45, 2.75) is 6.42 Å². The van der Waals surface area contributed by atoms with E-state index in [4.69, 9.17) is 28.9 Å². The van der Waals surface area contributed by atoms with Crippen LogP contribution in [-0.2, 0) is 6.42 Å². The summed E-state index contributed by atoms with van der Waals surface area (Å²) in [6.07, 6.45) is -0.0217. The highest BCUT2D eigenvalue weighted by Gasteiger charge is 2.16. The molecule has 2 rings (SSSR count). The van der Waals surface area contributed by atoms with E-state index < -0.39 is 5.82 Å². The molecule has 2 aromatic rings. The first-order valence-corrected chi connectivity index (χ1v) is 6.26. The molecule has 19 heavy (non-hydrogen) atoms. The van der Waals surface area contributed by atoms with E-state index in [9.17, 15) is 9.18 Å². The number of carbonyl (C=O) groups excluding carboxylic acids is 1. The highest BCUT2D eigenvalue weighted by molar-refractivity contribution is 6.36. The summed E-state index contributed by atoms with van der Waals surface area (Å²) < 4.78 is 13.3. The van der Waals surface area contributed by atoms with Gasteiger partial charge in [-0.15, -0.1) is 0 Å². The van der Waals surface area contributed by atoms with Gasteiger partial charge in [-0.1, -0.05) is 35.3 Å². The van der Waals surface area contributed by atoms with Gasteiger partial charge in [0.1, 0.15) is 5.82 Å². The molecule has 2 N–H and O–H groups in total. The molecule has 0 radical (unpaired) electrons. The summed E-state index contributed by atoms with van der Waals surface area (Å²) in [7, 11) is 0. The van der Waals surface area contributed by atoms with Crippen LogP contribution in [0.2, 0.25) is 10.0 Å². The predicted molar refractivity (Wildman–Crippen MR) is 75.3 cm³/mol. The van der Waals surface area contributed by atoms with Crippen molar-refractivity contribution in [1.82, 2.24) is 0 Å². The number of halogens is 3. The highest BCUT2D eigenvalue weighted by Crippen LogP contribution is 2.27. The number of benzene rings is 2. The second kappa shape index (κ2) is 5.59. The van der Waals surface area contributed by atoms with E-state index in [2.05, 4.69) is 0 Å². The van der Waals surface area contributed by atoms with Crippen LogP contribution in [0.15, 0.2) is 36.4 Å². The molecule has 0 aliphatic heterocycles. The van der Waals surface area contributed by atoms with E-state index in [1.165, 1.54) is 18.2 Å². The van der Waals surface area contributed by atoms with E-state index >= 15 is 0 Å². The maximum absolute atomic E-state index is 13.3. The smallest absolute Gasteiger partial charge is 0.169 e. The lowest BCUT2D eigenvalue weighted by Gasteiger charge is -2.08. The van der Waals surface area contributed by atoms with Gasteiger partial charge in [0.15, 0.2) is 5.78 Å². The normalized spacial score (nSPS) is 10.5. The predicted octanol–water partition coefficient (Wildman–Crippen LogP) is 4.14. The van der Waals surface area contributed by atoms with Crippen molar-refractivity contribution in [2.24, 2.45) is 0 Å². The molecule has 0 heterocycles. The Morgan fingerprint density at radius 1 is 1.11 bits per heavy atom. The Morgan fingerprint density at radius 2 is 1.68 bits per heavy atom. The monoisotopic (exact) mass is 297 g/mol. The van der Waals surface area contributed by atoms with Crippen molar-refractivity contribution in [3.63, 3.8) is 0 Å². The standard InChI is InChI=1S/C14H10Cl2FNO/c15-10-4-2-5-11(16)9(10)7-13(19)8-3-1-6-12(17)14(8)18/h1-6H,7,18H2. The number of nitrogen functional groups attached to an aromatic ring is 1. The molecular weight excluding hydrogens is 288 g/mol. The molecule has 98 valence electrons. The molecule has 0 saturated carbocycles. The average molecular weight is 298 g/mol. The van der Waals surface area contributed by atoms with Gasteiger partial charge < -0.3 is 5.73 Å². The van der Waals surface area contributed by atoms with Crippen molar-refractivity contribution < 1.29 is 9.18 Å². The molecule has 0 atom stereocenters. The van der Waals surface area contributed by atoms with Crippen LogP contribution >= 0.6 is 23.2 Å². The Balaban J connectivity index is 2.34. The molecule has 0 fully saturated rings. The summed E-state index contributed by atoms with van der Waals surface area (Å²) in [5.41, 5.74) is 6.04. The molecule has 0 aliphatic rings. The number of para-hydroxylation sites is 1. The van der Waals surface area contributed by atoms with E-state index in [-0.39, 0.29) is 23.5 Å². The quantitative estimate of drug-likeness (QED) is 0.683. The van der Waals surface area contributed by atoms with Crippen molar-refractivity contribution in [3.05, 3.63) is 63.4 Å². The average Bonchev–Trinajstić information content (AvgIpc) is 2.37. The van der Waals surface area contributed by atoms with Gasteiger partial charge in [0, 0.05) is 22.0 Å². The van der Waals surface area contributed by atoms with Crippen molar-refractivity contribution in [2.75, 3.05) is 5.73 Å². The minimum absolute atomic E-state index is 0.0217. The zero-order valence-electron chi connectivity index (χ0n) is 9.79. The fourth-order valence-corrected chi connectivity index (χ4v) is 2.27. The molecule has 0 bridgehead atoms. The van der Waals surface area contributed by atoms with Crippen LogP contribution in [0.1, 0.15) is 15.9 Å². The first kappa shape index (κ1) is 13.8. The molecule has 2 nitrogen and oxygen atoms in total. The third-order valence-electron chi connectivity index (χ3n) is 2.75. The summed E-state index contributed by atoms with van der Waals surface area (Å²) in [6.45, 7) is 0. The number of ketones is 1. The van der Waals surface area contributed by atoms with Gasteiger partial charge in [0.25, 0.3) is 0 Å². The summed E-state index contributed by atoms with van der Waals surface area (Å²) in [6, 6.07) is 9.10. The molecule has 0 spiro atoms. The number of Topliss-reactive ketones (excluding diaryl/α,β-unsaturated/α-hetero) is 1. The Labute approximate surface area is 119 Å². The number of hydrogen-bond donors (Lipinski definition) is 1. The third-order valence-corrected chi connectivity index (χ3v) is 3.46. The van der Waals surface area contributed by atoms with E-state index in [1.807, 2.05) is 0 Å². The number of anilines is 1. The third kappa shape index (κ3) is 2.88. The van der Waals surface area contributed by atoms with Crippen LogP contribution in [0.5, 0.6) is 0 Å². The first-order valence-electron chi connectivity index (χ1n) is 5.50. The molecule has 5 heteroatoms. The fourth-order valence-electron chi connectivity index (χ4n) is 1.74. The molecular formula is C14H10Cl2FNO. The Bertz CT molecular complexity index is 623. The number of carbonyl (C=O) groups is 1. The van der Waals surface area contributed by atoms with Crippen LogP contribution in [0.25, 0.3) is 0 Å². The van der Waals surface area contributed by atoms with Crippen LogP contribution in [0, 0.1) is 5.82 Å². The van der Waals surface area contributed by atoms with Gasteiger partial charge in [-0.05, 0) is 29.8 Å². The summed E-state index contributed by atoms with van der Waals surface area (Å²) >= 11 is 12.0. The number of nitrogens with two attached hydrogens (primary N) is 1. The SMILES string of the molecule is Nc1c(F)cccc1C(=O)Cc1c(Cl)cccc1Cl.